The summed E-state index contributed by atoms with van der Waals surface area (Å²) < 4.78 is 50.0. The average molecular weight is 576 g/mol. The zero-order valence-corrected chi connectivity index (χ0v) is 23.1. The fourth-order valence-corrected chi connectivity index (χ4v) is 7.84. The molecule has 4 atom stereocenters. The minimum atomic E-state index is -0.964. The number of nitrogens with one attached hydrogen (secondary N) is 1. The van der Waals surface area contributed by atoms with Crippen LogP contribution in [-0.4, -0.2) is 77.1 Å². The van der Waals surface area contributed by atoms with E-state index in [1.807, 2.05) is 18.2 Å². The molecule has 4 aliphatic rings. The van der Waals surface area contributed by atoms with Crippen LogP contribution in [0, 0.1) is 17.6 Å². The van der Waals surface area contributed by atoms with Crippen molar-refractivity contribution in [3.8, 4) is 22.9 Å². The predicted octanol–water partition coefficient (Wildman–Crippen LogP) is 5.19. The second kappa shape index (κ2) is 9.70. The average Bonchev–Trinajstić information content (AvgIpc) is 3.73. The SMILES string of the molecule is Oc1cc(-c2ccc3c(N4CC5CCNC5C4)nc(OC[C@@]45CCCN4C[C@H](F)C5)nc3c2)c2c(F)c(F)ccc2c1. The monoisotopic (exact) mass is 575 g/mol. The van der Waals surface area contributed by atoms with E-state index in [9.17, 15) is 13.9 Å². The fourth-order valence-electron chi connectivity index (χ4n) is 7.84. The number of aromatic hydroxyl groups is 1. The zero-order valence-electron chi connectivity index (χ0n) is 23.1. The lowest BCUT2D eigenvalue weighted by atomic mass is 9.95. The lowest BCUT2D eigenvalue weighted by Gasteiger charge is -2.31. The molecule has 0 radical (unpaired) electrons. The highest BCUT2D eigenvalue weighted by Crippen LogP contribution is 2.42. The maximum absolute atomic E-state index is 15.1. The van der Waals surface area contributed by atoms with Crippen LogP contribution in [0.25, 0.3) is 32.8 Å². The first-order valence-electron chi connectivity index (χ1n) is 14.8. The van der Waals surface area contributed by atoms with E-state index in [4.69, 9.17) is 14.7 Å². The number of anilines is 1. The molecule has 0 saturated carbocycles. The third-order valence-corrected chi connectivity index (χ3v) is 9.85. The molecule has 4 aliphatic heterocycles. The number of phenolic OH excluding ortho intramolecular Hbond substituents is 1. The Morgan fingerprint density at radius 3 is 2.86 bits per heavy atom. The first-order chi connectivity index (χ1) is 20.4. The van der Waals surface area contributed by atoms with Crippen molar-refractivity contribution in [1.82, 2.24) is 20.2 Å². The Balaban J connectivity index is 1.23. The summed E-state index contributed by atoms with van der Waals surface area (Å²) in [6.45, 7) is 4.33. The van der Waals surface area contributed by atoms with Crippen LogP contribution in [0.5, 0.6) is 11.8 Å². The summed E-state index contributed by atoms with van der Waals surface area (Å²) >= 11 is 0. The molecule has 2 unspecified atom stereocenters. The van der Waals surface area contributed by atoms with Crippen LogP contribution in [-0.2, 0) is 0 Å². The van der Waals surface area contributed by atoms with Gasteiger partial charge in [0.25, 0.3) is 0 Å². The van der Waals surface area contributed by atoms with Gasteiger partial charge in [0.1, 0.15) is 24.3 Å². The molecular formula is C32H32F3N5O2. The van der Waals surface area contributed by atoms with E-state index in [0.717, 1.165) is 62.7 Å². The van der Waals surface area contributed by atoms with Gasteiger partial charge >= 0.3 is 6.01 Å². The number of nitrogens with zero attached hydrogens (tertiary/aromatic N) is 4. The van der Waals surface area contributed by atoms with E-state index in [-0.39, 0.29) is 22.7 Å². The maximum atomic E-state index is 15.1. The van der Waals surface area contributed by atoms with E-state index < -0.39 is 17.8 Å². The zero-order chi connectivity index (χ0) is 28.6. The quantitative estimate of drug-likeness (QED) is 0.340. The minimum absolute atomic E-state index is 0.0461. The van der Waals surface area contributed by atoms with Gasteiger partial charge in [-0.1, -0.05) is 12.1 Å². The second-order valence-electron chi connectivity index (χ2n) is 12.4. The summed E-state index contributed by atoms with van der Waals surface area (Å²) in [6.07, 6.45) is 2.61. The van der Waals surface area contributed by atoms with Gasteiger partial charge in [0.2, 0.25) is 0 Å². The van der Waals surface area contributed by atoms with Gasteiger partial charge < -0.3 is 20.1 Å². The second-order valence-corrected chi connectivity index (χ2v) is 12.4. The molecule has 0 bridgehead atoms. The number of ether oxygens (including phenoxy) is 1. The predicted molar refractivity (Wildman–Crippen MR) is 155 cm³/mol. The highest BCUT2D eigenvalue weighted by Gasteiger charge is 2.49. The van der Waals surface area contributed by atoms with Crippen molar-refractivity contribution < 1.29 is 23.0 Å². The summed E-state index contributed by atoms with van der Waals surface area (Å²) in [5.41, 5.74) is 1.21. The molecule has 0 amide bonds. The van der Waals surface area contributed by atoms with Gasteiger partial charge in [0.05, 0.1) is 11.1 Å². The Hall–Kier alpha value is -3.63. The molecule has 4 aromatic rings. The van der Waals surface area contributed by atoms with Crippen molar-refractivity contribution >= 4 is 27.5 Å². The molecule has 0 spiro atoms. The molecule has 42 heavy (non-hydrogen) atoms. The molecule has 218 valence electrons. The molecule has 4 saturated heterocycles. The summed E-state index contributed by atoms with van der Waals surface area (Å²) in [5.74, 6) is -0.650. The topological polar surface area (TPSA) is 73.8 Å². The maximum Gasteiger partial charge on any atom is 0.319 e. The van der Waals surface area contributed by atoms with E-state index in [2.05, 4.69) is 15.1 Å². The summed E-state index contributed by atoms with van der Waals surface area (Å²) in [5, 5.41) is 15.3. The molecule has 10 heteroatoms. The Kier molecular flexibility index (Phi) is 6.01. The van der Waals surface area contributed by atoms with E-state index in [0.29, 0.717) is 53.6 Å². The Labute approximate surface area is 241 Å². The first kappa shape index (κ1) is 26.0. The van der Waals surface area contributed by atoms with Crippen LogP contribution < -0.4 is 15.0 Å². The normalized spacial score (nSPS) is 27.3. The minimum Gasteiger partial charge on any atom is -0.508 e. The number of halogens is 3. The molecule has 4 fully saturated rings. The van der Waals surface area contributed by atoms with Crippen LogP contribution >= 0.6 is 0 Å². The third kappa shape index (κ3) is 4.18. The van der Waals surface area contributed by atoms with Crippen molar-refractivity contribution in [2.45, 2.75) is 43.4 Å². The number of benzene rings is 3. The largest absolute Gasteiger partial charge is 0.508 e. The number of phenols is 1. The molecule has 7 nitrogen and oxygen atoms in total. The highest BCUT2D eigenvalue weighted by atomic mass is 19.2. The van der Waals surface area contributed by atoms with Gasteiger partial charge in [0.15, 0.2) is 11.6 Å². The summed E-state index contributed by atoms with van der Waals surface area (Å²) in [7, 11) is 0. The van der Waals surface area contributed by atoms with Gasteiger partial charge in [-0.25, -0.2) is 13.2 Å². The van der Waals surface area contributed by atoms with Crippen molar-refractivity contribution in [3.05, 3.63) is 54.1 Å². The summed E-state index contributed by atoms with van der Waals surface area (Å²) in [6, 6.07) is 11.6. The first-order valence-corrected chi connectivity index (χ1v) is 14.8. The van der Waals surface area contributed by atoms with Gasteiger partial charge in [-0.15, -0.1) is 0 Å². The number of alkyl halides is 1. The van der Waals surface area contributed by atoms with Crippen molar-refractivity contribution in [2.75, 3.05) is 44.2 Å². The Bertz CT molecular complexity index is 1710. The van der Waals surface area contributed by atoms with E-state index >= 15 is 4.39 Å². The molecule has 3 aromatic carbocycles. The molecule has 5 heterocycles. The molecule has 2 N–H and O–H groups in total. The Morgan fingerprint density at radius 1 is 1.07 bits per heavy atom. The van der Waals surface area contributed by atoms with E-state index in [1.54, 1.807) is 0 Å². The van der Waals surface area contributed by atoms with Crippen molar-refractivity contribution in [3.63, 3.8) is 0 Å². The smallest absolute Gasteiger partial charge is 0.319 e. The lowest BCUT2D eigenvalue weighted by Crippen LogP contribution is -2.43. The third-order valence-electron chi connectivity index (χ3n) is 9.85. The number of rotatable bonds is 5. The fraction of sp³-hybridized carbons (Fsp3) is 0.438. The molecule has 0 aliphatic carbocycles. The lowest BCUT2D eigenvalue weighted by molar-refractivity contribution is 0.107. The molecule has 8 rings (SSSR count). The van der Waals surface area contributed by atoms with Gasteiger partial charge in [-0.05, 0) is 85.1 Å². The van der Waals surface area contributed by atoms with Crippen LogP contribution in [0.1, 0.15) is 25.7 Å². The number of fused-ring (bicyclic) bond motifs is 4. The highest BCUT2D eigenvalue weighted by molar-refractivity contribution is 6.01. The Morgan fingerprint density at radius 2 is 1.98 bits per heavy atom. The molecular weight excluding hydrogens is 543 g/mol. The van der Waals surface area contributed by atoms with Crippen LogP contribution in [0.3, 0.4) is 0 Å². The number of hydrogen-bond acceptors (Lipinski definition) is 7. The van der Waals surface area contributed by atoms with Crippen molar-refractivity contribution in [1.29, 1.82) is 0 Å². The van der Waals surface area contributed by atoms with Gasteiger partial charge in [-0.2, -0.15) is 9.97 Å². The van der Waals surface area contributed by atoms with Crippen LogP contribution in [0.4, 0.5) is 19.0 Å². The number of aromatic nitrogens is 2. The standard InChI is InChI=1S/C32H32F3N5O2/c33-21-13-32(7-1-9-40(32)15-21)17-42-31-37-26-11-18(24-12-22(41)10-19-3-5-25(34)29(35)28(19)24)2-4-23(26)30(38-31)39-14-20-6-8-36-27(20)16-39/h2-5,10-12,20-21,27,36,41H,1,6-9,13-17H2/t20?,21-,27?,32+/m1/s1. The molecule has 1 aromatic heterocycles. The van der Waals surface area contributed by atoms with Gasteiger partial charge in [0, 0.05) is 42.9 Å². The van der Waals surface area contributed by atoms with Crippen LogP contribution in [0.2, 0.25) is 0 Å². The summed E-state index contributed by atoms with van der Waals surface area (Å²) in [4.78, 5) is 14.1. The number of hydrogen-bond donors (Lipinski definition) is 2. The van der Waals surface area contributed by atoms with E-state index in [1.165, 1.54) is 18.2 Å². The van der Waals surface area contributed by atoms with Gasteiger partial charge in [-0.3, -0.25) is 4.90 Å². The van der Waals surface area contributed by atoms with Crippen LogP contribution in [0.15, 0.2) is 42.5 Å². The van der Waals surface area contributed by atoms with Crippen molar-refractivity contribution in [2.24, 2.45) is 5.92 Å².